The molecular formula is C21H24N8O. The molecule has 3 heterocycles. The first kappa shape index (κ1) is 19.7. The van der Waals surface area contributed by atoms with E-state index in [-0.39, 0.29) is 17.8 Å². The quantitative estimate of drug-likeness (QED) is 0.609. The van der Waals surface area contributed by atoms with E-state index in [4.69, 9.17) is 10.5 Å². The minimum atomic E-state index is -0.284. The van der Waals surface area contributed by atoms with E-state index in [1.807, 2.05) is 31.0 Å². The molecular weight excluding hydrogens is 380 g/mol. The van der Waals surface area contributed by atoms with Gasteiger partial charge in [0.15, 0.2) is 11.6 Å². The summed E-state index contributed by atoms with van der Waals surface area (Å²) in [7, 11) is 5.63. The van der Waals surface area contributed by atoms with Crippen LogP contribution in [0.4, 0.5) is 11.6 Å². The van der Waals surface area contributed by atoms with Crippen molar-refractivity contribution in [1.29, 1.82) is 5.26 Å². The maximum atomic E-state index is 9.74. The van der Waals surface area contributed by atoms with Crippen molar-refractivity contribution in [2.45, 2.75) is 26.5 Å². The number of aryl methyl sites for hydroxylation is 2. The number of ether oxygens (including phenoxy) is 1. The molecule has 4 rings (SSSR count). The van der Waals surface area contributed by atoms with Gasteiger partial charge in [-0.2, -0.15) is 10.4 Å². The van der Waals surface area contributed by atoms with Crippen LogP contribution >= 0.6 is 0 Å². The second kappa shape index (κ2) is 7.31. The second-order valence-electron chi connectivity index (χ2n) is 7.53. The first-order valence-electron chi connectivity index (χ1n) is 9.61. The fourth-order valence-corrected chi connectivity index (χ4v) is 3.67. The van der Waals surface area contributed by atoms with Gasteiger partial charge in [0.2, 0.25) is 0 Å². The van der Waals surface area contributed by atoms with Crippen LogP contribution in [0.5, 0.6) is 5.88 Å². The number of hydrogen-bond donors (Lipinski definition) is 1. The number of hydrazine groups is 1. The number of nitrogen functional groups attached to an aromatic ring is 1. The van der Waals surface area contributed by atoms with Crippen LogP contribution in [0.15, 0.2) is 24.4 Å². The van der Waals surface area contributed by atoms with Crippen molar-refractivity contribution in [3.8, 4) is 23.2 Å². The van der Waals surface area contributed by atoms with E-state index < -0.39 is 0 Å². The van der Waals surface area contributed by atoms with E-state index in [2.05, 4.69) is 46.3 Å². The molecule has 0 saturated heterocycles. The Hall–Kier alpha value is -3.64. The zero-order valence-corrected chi connectivity index (χ0v) is 17.7. The lowest BCUT2D eigenvalue weighted by molar-refractivity contribution is 0.214. The van der Waals surface area contributed by atoms with Gasteiger partial charge in [-0.05, 0) is 25.0 Å². The van der Waals surface area contributed by atoms with Gasteiger partial charge in [-0.25, -0.2) is 15.0 Å². The van der Waals surface area contributed by atoms with Crippen molar-refractivity contribution in [2.24, 2.45) is 7.05 Å². The third kappa shape index (κ3) is 3.21. The first-order valence-corrected chi connectivity index (χ1v) is 9.61. The highest BCUT2D eigenvalue weighted by atomic mass is 16.5. The molecule has 0 radical (unpaired) electrons. The van der Waals surface area contributed by atoms with Crippen molar-refractivity contribution in [1.82, 2.24) is 24.8 Å². The summed E-state index contributed by atoms with van der Waals surface area (Å²) in [6.45, 7) is 4.65. The maximum absolute atomic E-state index is 9.74. The summed E-state index contributed by atoms with van der Waals surface area (Å²) in [5.74, 6) is 1.04. The average molecular weight is 404 g/mol. The summed E-state index contributed by atoms with van der Waals surface area (Å²) in [6, 6.07) is 8.53. The molecule has 0 saturated carbocycles. The van der Waals surface area contributed by atoms with Crippen molar-refractivity contribution >= 4 is 11.6 Å². The monoisotopic (exact) mass is 404 g/mol. The Kier molecular flexibility index (Phi) is 4.79. The number of nitriles is 1. The average Bonchev–Trinajstić information content (AvgIpc) is 3.05. The van der Waals surface area contributed by atoms with Crippen LogP contribution in [0.1, 0.15) is 35.4 Å². The third-order valence-corrected chi connectivity index (χ3v) is 5.40. The molecule has 30 heavy (non-hydrogen) atoms. The molecule has 1 aliphatic heterocycles. The fraction of sp³-hybridized carbons (Fsp3) is 0.333. The Balaban J connectivity index is 1.98. The predicted molar refractivity (Wildman–Crippen MR) is 113 cm³/mol. The normalized spacial score (nSPS) is 16.5. The zero-order valence-electron chi connectivity index (χ0n) is 17.7. The predicted octanol–water partition coefficient (Wildman–Crippen LogP) is 2.58. The Labute approximate surface area is 175 Å². The molecule has 9 nitrogen and oxygen atoms in total. The Morgan fingerprint density at radius 3 is 2.77 bits per heavy atom. The molecule has 2 bridgehead atoms. The highest BCUT2D eigenvalue weighted by Crippen LogP contribution is 2.36. The van der Waals surface area contributed by atoms with Crippen molar-refractivity contribution in [2.75, 3.05) is 24.8 Å². The van der Waals surface area contributed by atoms with Crippen LogP contribution in [-0.2, 0) is 13.6 Å². The van der Waals surface area contributed by atoms with Gasteiger partial charge in [-0.3, -0.25) is 9.69 Å². The number of rotatable bonds is 0. The van der Waals surface area contributed by atoms with Gasteiger partial charge in [0, 0.05) is 27.7 Å². The lowest BCUT2D eigenvalue weighted by Crippen LogP contribution is -2.37. The topological polar surface area (TPSA) is 109 Å². The lowest BCUT2D eigenvalue weighted by Gasteiger charge is -2.31. The second-order valence-corrected chi connectivity index (χ2v) is 7.53. The zero-order chi connectivity index (χ0) is 21.6. The largest absolute Gasteiger partial charge is 0.467 e. The van der Waals surface area contributed by atoms with E-state index in [9.17, 15) is 5.26 Å². The van der Waals surface area contributed by atoms with E-state index in [0.717, 1.165) is 16.7 Å². The van der Waals surface area contributed by atoms with E-state index in [0.29, 0.717) is 29.3 Å². The molecule has 1 aliphatic rings. The molecule has 1 aromatic carbocycles. The van der Waals surface area contributed by atoms with Crippen LogP contribution in [0.25, 0.3) is 11.3 Å². The smallest absolute Gasteiger partial charge is 0.258 e. The van der Waals surface area contributed by atoms with Gasteiger partial charge in [0.25, 0.3) is 5.88 Å². The Bertz CT molecular complexity index is 1160. The van der Waals surface area contributed by atoms with Crippen LogP contribution in [0.3, 0.4) is 0 Å². The molecule has 0 spiro atoms. The van der Waals surface area contributed by atoms with Crippen molar-refractivity contribution < 1.29 is 4.74 Å². The van der Waals surface area contributed by atoms with Crippen molar-refractivity contribution in [3.05, 3.63) is 46.8 Å². The summed E-state index contributed by atoms with van der Waals surface area (Å²) in [5, 5.41) is 18.3. The Morgan fingerprint density at radius 1 is 1.27 bits per heavy atom. The fourth-order valence-electron chi connectivity index (χ4n) is 3.67. The van der Waals surface area contributed by atoms with Crippen LogP contribution in [0.2, 0.25) is 0 Å². The SMILES string of the molecule is Cc1ccc2c(c1)[C@@H](C)Oc1nc(cnc1N)-c1c(nn(C)c1C#N)N(C)N(C)C2. The van der Waals surface area contributed by atoms with Crippen molar-refractivity contribution in [3.63, 3.8) is 0 Å². The number of fused-ring (bicyclic) bond motifs is 5. The van der Waals surface area contributed by atoms with Crippen LogP contribution in [-0.4, -0.2) is 38.9 Å². The summed E-state index contributed by atoms with van der Waals surface area (Å²) < 4.78 is 7.71. The number of nitrogens with zero attached hydrogens (tertiary/aromatic N) is 7. The number of hydrogen-bond acceptors (Lipinski definition) is 8. The van der Waals surface area contributed by atoms with Gasteiger partial charge >= 0.3 is 0 Å². The number of aromatic nitrogens is 4. The molecule has 0 amide bonds. The number of anilines is 2. The lowest BCUT2D eigenvalue weighted by atomic mass is 10.00. The van der Waals surface area contributed by atoms with Gasteiger partial charge in [-0.15, -0.1) is 0 Å². The highest BCUT2D eigenvalue weighted by Gasteiger charge is 2.27. The van der Waals surface area contributed by atoms with Gasteiger partial charge in [0.05, 0.1) is 17.5 Å². The standard InChI is InChI=1S/C21H24N8O/c1-12-6-7-14-11-27(3)29(5)20-18(17(9-22)28(4)26-20)16-10-24-19(23)21(25-16)30-13(2)15(14)8-12/h6-8,10,13H,11H2,1-5H3,(H2,23,24)/t13-/m1/s1. The van der Waals surface area contributed by atoms with Crippen LogP contribution < -0.4 is 15.5 Å². The van der Waals surface area contributed by atoms with Gasteiger partial charge < -0.3 is 10.5 Å². The molecule has 3 aromatic rings. The first-order chi connectivity index (χ1) is 14.3. The molecule has 2 aromatic heterocycles. The molecule has 154 valence electrons. The van der Waals surface area contributed by atoms with E-state index in [1.54, 1.807) is 17.9 Å². The summed E-state index contributed by atoms with van der Waals surface area (Å²) >= 11 is 0. The number of nitrogens with two attached hydrogens (primary N) is 1. The molecule has 2 N–H and O–H groups in total. The van der Waals surface area contributed by atoms with Gasteiger partial charge in [-0.1, -0.05) is 23.8 Å². The molecule has 9 heteroatoms. The molecule has 0 unspecified atom stereocenters. The summed E-state index contributed by atoms with van der Waals surface area (Å²) in [6.07, 6.45) is 1.26. The van der Waals surface area contributed by atoms with E-state index >= 15 is 0 Å². The molecule has 0 fully saturated rings. The van der Waals surface area contributed by atoms with Crippen LogP contribution in [0, 0.1) is 18.3 Å². The minimum Gasteiger partial charge on any atom is -0.467 e. The minimum absolute atomic E-state index is 0.200. The Morgan fingerprint density at radius 2 is 2.03 bits per heavy atom. The molecule has 0 aliphatic carbocycles. The highest BCUT2D eigenvalue weighted by molar-refractivity contribution is 5.78. The maximum Gasteiger partial charge on any atom is 0.258 e. The summed E-state index contributed by atoms with van der Waals surface area (Å²) in [4.78, 5) is 8.89. The van der Waals surface area contributed by atoms with Gasteiger partial charge in [0.1, 0.15) is 17.9 Å². The summed E-state index contributed by atoms with van der Waals surface area (Å²) in [5.41, 5.74) is 10.8. The molecule has 1 atom stereocenters. The third-order valence-electron chi connectivity index (χ3n) is 5.40. The van der Waals surface area contributed by atoms with E-state index in [1.165, 1.54) is 0 Å². The number of benzene rings is 1.